The van der Waals surface area contributed by atoms with Crippen molar-refractivity contribution in [2.45, 2.75) is 13.0 Å². The van der Waals surface area contributed by atoms with Crippen LogP contribution in [0.1, 0.15) is 27.9 Å². The molecule has 1 rings (SSSR count). The van der Waals surface area contributed by atoms with E-state index in [1.165, 1.54) is 0 Å². The third-order valence-corrected chi connectivity index (χ3v) is 1.72. The number of carbonyl (C=O) groups is 2. The molecule has 0 saturated carbocycles. The standard InChI is InChI=1S/C8H11N3O4/c1-4(2-12)11-7(13)5-6(8(14)15)10-3-9-5/h3-4,12H,2H2,1H3,(H,9,10)(H,11,13)(H,14,15)/t4-/m0/s1. The minimum absolute atomic E-state index is 0.192. The van der Waals surface area contributed by atoms with E-state index in [-0.39, 0.29) is 18.0 Å². The maximum Gasteiger partial charge on any atom is 0.354 e. The van der Waals surface area contributed by atoms with Gasteiger partial charge >= 0.3 is 5.97 Å². The second-order valence-electron chi connectivity index (χ2n) is 2.99. The number of amides is 1. The third kappa shape index (κ3) is 2.53. The first kappa shape index (κ1) is 11.2. The fourth-order valence-electron chi connectivity index (χ4n) is 0.967. The number of H-pyrrole nitrogens is 1. The fraction of sp³-hybridized carbons (Fsp3) is 0.375. The van der Waals surface area contributed by atoms with Crippen LogP contribution in [0.3, 0.4) is 0 Å². The molecule has 4 N–H and O–H groups in total. The molecule has 0 unspecified atom stereocenters. The fourth-order valence-corrected chi connectivity index (χ4v) is 0.967. The largest absolute Gasteiger partial charge is 0.477 e. The number of aliphatic hydroxyl groups excluding tert-OH is 1. The van der Waals surface area contributed by atoms with Crippen LogP contribution in [0.25, 0.3) is 0 Å². The predicted octanol–water partition coefficient (Wildman–Crippen LogP) is -0.782. The second-order valence-corrected chi connectivity index (χ2v) is 2.99. The molecule has 1 atom stereocenters. The number of carboxylic acid groups (broad SMARTS) is 1. The average molecular weight is 213 g/mol. The Morgan fingerprint density at radius 3 is 2.87 bits per heavy atom. The van der Waals surface area contributed by atoms with E-state index < -0.39 is 17.9 Å². The number of carbonyl (C=O) groups excluding carboxylic acids is 1. The molecule has 82 valence electrons. The van der Waals surface area contributed by atoms with Crippen LogP contribution in [0.5, 0.6) is 0 Å². The van der Waals surface area contributed by atoms with Crippen LogP contribution in [0.4, 0.5) is 0 Å². The van der Waals surface area contributed by atoms with Gasteiger partial charge in [-0.05, 0) is 6.92 Å². The Hall–Kier alpha value is -1.89. The summed E-state index contributed by atoms with van der Waals surface area (Å²) in [4.78, 5) is 28.0. The molecule has 0 aliphatic carbocycles. The van der Waals surface area contributed by atoms with Crippen molar-refractivity contribution in [1.82, 2.24) is 15.3 Å². The summed E-state index contributed by atoms with van der Waals surface area (Å²) in [5.41, 5.74) is -0.458. The molecule has 0 saturated heterocycles. The highest BCUT2D eigenvalue weighted by Gasteiger charge is 2.20. The molecule has 1 amide bonds. The number of aromatic nitrogens is 2. The molecule has 0 spiro atoms. The molecular formula is C8H11N3O4. The van der Waals surface area contributed by atoms with E-state index in [0.717, 1.165) is 6.33 Å². The Morgan fingerprint density at radius 2 is 2.33 bits per heavy atom. The highest BCUT2D eigenvalue weighted by molar-refractivity contribution is 6.02. The summed E-state index contributed by atoms with van der Waals surface area (Å²) in [5.74, 6) is -1.88. The number of aromatic carboxylic acids is 1. The minimum atomic E-state index is -1.26. The highest BCUT2D eigenvalue weighted by Crippen LogP contribution is 2.02. The number of nitrogens with zero attached hydrogens (tertiary/aromatic N) is 1. The summed E-state index contributed by atoms with van der Waals surface area (Å²) in [6.45, 7) is 1.36. The number of carboxylic acids is 1. The number of hydrogen-bond donors (Lipinski definition) is 4. The summed E-state index contributed by atoms with van der Waals surface area (Å²) in [6.07, 6.45) is 1.13. The van der Waals surface area contributed by atoms with Crippen molar-refractivity contribution < 1.29 is 19.8 Å². The van der Waals surface area contributed by atoms with E-state index in [4.69, 9.17) is 10.2 Å². The Morgan fingerprint density at radius 1 is 1.67 bits per heavy atom. The van der Waals surface area contributed by atoms with E-state index in [1.54, 1.807) is 6.92 Å². The number of nitrogens with one attached hydrogen (secondary N) is 2. The maximum atomic E-state index is 11.4. The van der Waals surface area contributed by atoms with Gasteiger partial charge in [0.1, 0.15) is 0 Å². The molecule has 0 radical (unpaired) electrons. The van der Waals surface area contributed by atoms with Crippen molar-refractivity contribution >= 4 is 11.9 Å². The van der Waals surface area contributed by atoms with E-state index in [1.807, 2.05) is 0 Å². The lowest BCUT2D eigenvalue weighted by Gasteiger charge is -2.09. The summed E-state index contributed by atoms with van der Waals surface area (Å²) in [5, 5.41) is 19.8. The second kappa shape index (κ2) is 4.56. The Kier molecular flexibility index (Phi) is 3.40. The highest BCUT2D eigenvalue weighted by atomic mass is 16.4. The van der Waals surface area contributed by atoms with Gasteiger partial charge in [0.2, 0.25) is 0 Å². The molecule has 0 aromatic carbocycles. The zero-order valence-corrected chi connectivity index (χ0v) is 8.02. The van der Waals surface area contributed by atoms with Crippen molar-refractivity contribution in [1.29, 1.82) is 0 Å². The first-order valence-electron chi connectivity index (χ1n) is 4.24. The number of aliphatic hydroxyl groups is 1. The van der Waals surface area contributed by atoms with Crippen LogP contribution in [0.2, 0.25) is 0 Å². The molecule has 0 fully saturated rings. The molecule has 1 heterocycles. The Bertz CT molecular complexity index is 374. The maximum absolute atomic E-state index is 11.4. The lowest BCUT2D eigenvalue weighted by atomic mass is 10.3. The third-order valence-electron chi connectivity index (χ3n) is 1.72. The van der Waals surface area contributed by atoms with Crippen LogP contribution in [0, 0.1) is 0 Å². The van der Waals surface area contributed by atoms with E-state index >= 15 is 0 Å². The SMILES string of the molecule is C[C@@H](CO)NC(=O)c1nc[nH]c1C(=O)O. The van der Waals surface area contributed by atoms with Crippen molar-refractivity contribution in [3.05, 3.63) is 17.7 Å². The van der Waals surface area contributed by atoms with Crippen molar-refractivity contribution in [3.8, 4) is 0 Å². The van der Waals surface area contributed by atoms with Gasteiger partial charge < -0.3 is 20.5 Å². The van der Waals surface area contributed by atoms with Gasteiger partial charge in [-0.25, -0.2) is 9.78 Å². The van der Waals surface area contributed by atoms with Crippen molar-refractivity contribution in [2.75, 3.05) is 6.61 Å². The molecule has 7 heteroatoms. The quantitative estimate of drug-likeness (QED) is 0.523. The van der Waals surface area contributed by atoms with Gasteiger partial charge in [-0.15, -0.1) is 0 Å². The molecule has 0 aliphatic heterocycles. The molecular weight excluding hydrogens is 202 g/mol. The Labute approximate surface area is 85.1 Å². The minimum Gasteiger partial charge on any atom is -0.477 e. The topological polar surface area (TPSA) is 115 Å². The summed E-state index contributed by atoms with van der Waals surface area (Å²) in [7, 11) is 0. The number of imidazole rings is 1. The summed E-state index contributed by atoms with van der Waals surface area (Å²) >= 11 is 0. The number of aromatic amines is 1. The van der Waals surface area contributed by atoms with Crippen LogP contribution >= 0.6 is 0 Å². The zero-order chi connectivity index (χ0) is 11.4. The Balaban J connectivity index is 2.82. The van der Waals surface area contributed by atoms with Gasteiger partial charge in [0, 0.05) is 6.04 Å². The molecule has 15 heavy (non-hydrogen) atoms. The van der Waals surface area contributed by atoms with Crippen LogP contribution < -0.4 is 5.32 Å². The van der Waals surface area contributed by atoms with Gasteiger partial charge in [0.25, 0.3) is 5.91 Å². The summed E-state index contributed by atoms with van der Waals surface area (Å²) in [6, 6.07) is -0.448. The predicted molar refractivity (Wildman–Crippen MR) is 49.6 cm³/mol. The first-order chi connectivity index (χ1) is 7.06. The van der Waals surface area contributed by atoms with Gasteiger partial charge in [0.15, 0.2) is 11.4 Å². The van der Waals surface area contributed by atoms with Crippen LogP contribution in [-0.4, -0.2) is 44.7 Å². The van der Waals surface area contributed by atoms with Crippen LogP contribution in [-0.2, 0) is 0 Å². The molecule has 1 aromatic heterocycles. The number of rotatable bonds is 4. The van der Waals surface area contributed by atoms with Gasteiger partial charge in [0.05, 0.1) is 12.9 Å². The van der Waals surface area contributed by atoms with Gasteiger partial charge in [-0.1, -0.05) is 0 Å². The van der Waals surface area contributed by atoms with Crippen LogP contribution in [0.15, 0.2) is 6.33 Å². The average Bonchev–Trinajstić information content (AvgIpc) is 2.65. The molecule has 1 aromatic rings. The first-order valence-corrected chi connectivity index (χ1v) is 4.24. The number of hydrogen-bond acceptors (Lipinski definition) is 4. The van der Waals surface area contributed by atoms with Gasteiger partial charge in [-0.3, -0.25) is 4.79 Å². The van der Waals surface area contributed by atoms with Gasteiger partial charge in [-0.2, -0.15) is 0 Å². The van der Waals surface area contributed by atoms with Crippen molar-refractivity contribution in [3.63, 3.8) is 0 Å². The lowest BCUT2D eigenvalue weighted by molar-refractivity contribution is 0.0684. The lowest BCUT2D eigenvalue weighted by Crippen LogP contribution is -2.36. The molecule has 0 aliphatic rings. The summed E-state index contributed by atoms with van der Waals surface area (Å²) < 4.78 is 0. The van der Waals surface area contributed by atoms with Crippen molar-refractivity contribution in [2.24, 2.45) is 0 Å². The zero-order valence-electron chi connectivity index (χ0n) is 8.02. The smallest absolute Gasteiger partial charge is 0.354 e. The van der Waals surface area contributed by atoms with E-state index in [2.05, 4.69) is 15.3 Å². The monoisotopic (exact) mass is 213 g/mol. The van der Waals surface area contributed by atoms with E-state index in [9.17, 15) is 9.59 Å². The van der Waals surface area contributed by atoms with E-state index in [0.29, 0.717) is 0 Å². The molecule has 7 nitrogen and oxygen atoms in total. The molecule has 0 bridgehead atoms. The normalized spacial score (nSPS) is 12.1.